The number of carbonyl (C=O) groups is 2. The second kappa shape index (κ2) is 6.53. The number of rotatable bonds is 3. The van der Waals surface area contributed by atoms with Gasteiger partial charge in [0.25, 0.3) is 0 Å². The summed E-state index contributed by atoms with van der Waals surface area (Å²) in [6.45, 7) is 0. The van der Waals surface area contributed by atoms with Crippen LogP contribution in [0.3, 0.4) is 0 Å². The number of carboxylic acid groups (broad SMARTS) is 1. The van der Waals surface area contributed by atoms with Crippen molar-refractivity contribution < 1.29 is 19.1 Å². The lowest BCUT2D eigenvalue weighted by molar-refractivity contribution is 0.0698. The molecule has 0 spiro atoms. The van der Waals surface area contributed by atoms with Gasteiger partial charge in [0.05, 0.1) is 16.9 Å². The first-order valence-electron chi connectivity index (χ1n) is 5.83. The maximum absolute atomic E-state index is 13.2. The van der Waals surface area contributed by atoms with E-state index in [0.717, 1.165) is 21.8 Å². The summed E-state index contributed by atoms with van der Waals surface area (Å²) < 4.78 is 14.0. The fraction of sp³-hybridized carbons (Fsp3) is 0. The molecule has 3 N–H and O–H groups in total. The Morgan fingerprint density at radius 1 is 1.05 bits per heavy atom. The van der Waals surface area contributed by atoms with Crippen molar-refractivity contribution >= 4 is 46.0 Å². The average Bonchev–Trinajstić information content (AvgIpc) is 2.41. The van der Waals surface area contributed by atoms with Crippen molar-refractivity contribution in [2.75, 3.05) is 10.6 Å². The molecule has 108 valence electrons. The largest absolute Gasteiger partial charge is 0.478 e. The summed E-state index contributed by atoms with van der Waals surface area (Å²) in [5, 5.41) is 13.9. The number of halogens is 2. The Balaban J connectivity index is 2.18. The highest BCUT2D eigenvalue weighted by molar-refractivity contribution is 14.1. The lowest BCUT2D eigenvalue weighted by atomic mass is 10.2. The summed E-state index contributed by atoms with van der Waals surface area (Å²) >= 11 is 2.05. The number of para-hydroxylation sites is 1. The van der Waals surface area contributed by atoms with Crippen molar-refractivity contribution in [2.45, 2.75) is 0 Å². The fourth-order valence-corrected chi connectivity index (χ4v) is 2.17. The number of urea groups is 1. The first-order chi connectivity index (χ1) is 9.97. The first-order valence-corrected chi connectivity index (χ1v) is 6.90. The van der Waals surface area contributed by atoms with Crippen molar-refractivity contribution in [2.24, 2.45) is 0 Å². The molecule has 2 aromatic carbocycles. The van der Waals surface area contributed by atoms with Gasteiger partial charge in [0.15, 0.2) is 0 Å². The van der Waals surface area contributed by atoms with Crippen LogP contribution >= 0.6 is 22.6 Å². The normalized spacial score (nSPS) is 10.0. The third-order valence-electron chi connectivity index (χ3n) is 2.58. The molecule has 0 aliphatic heterocycles. The fourth-order valence-electron chi connectivity index (χ4n) is 1.64. The highest BCUT2D eigenvalue weighted by atomic mass is 127. The lowest BCUT2D eigenvalue weighted by Gasteiger charge is -2.11. The van der Waals surface area contributed by atoms with Gasteiger partial charge in [0, 0.05) is 3.57 Å². The molecule has 2 rings (SSSR count). The molecule has 21 heavy (non-hydrogen) atoms. The highest BCUT2D eigenvalue weighted by Gasteiger charge is 2.14. The Morgan fingerprint density at radius 3 is 2.38 bits per heavy atom. The summed E-state index contributed by atoms with van der Waals surface area (Å²) in [5.41, 5.74) is 0.282. The van der Waals surface area contributed by atoms with E-state index in [9.17, 15) is 14.0 Å². The van der Waals surface area contributed by atoms with Crippen LogP contribution in [0.25, 0.3) is 0 Å². The second-order valence-electron chi connectivity index (χ2n) is 4.05. The van der Waals surface area contributed by atoms with Gasteiger partial charge < -0.3 is 15.7 Å². The van der Waals surface area contributed by atoms with Gasteiger partial charge in [0.1, 0.15) is 5.82 Å². The SMILES string of the molecule is O=C(Nc1ccccc1I)Nc1cc(F)ccc1C(=O)O. The van der Waals surface area contributed by atoms with Gasteiger partial charge in [-0.2, -0.15) is 0 Å². The van der Waals surface area contributed by atoms with Gasteiger partial charge in [-0.25, -0.2) is 14.0 Å². The molecule has 0 saturated heterocycles. The molecule has 5 nitrogen and oxygen atoms in total. The van der Waals surface area contributed by atoms with Crippen molar-refractivity contribution in [1.82, 2.24) is 0 Å². The van der Waals surface area contributed by atoms with E-state index in [2.05, 4.69) is 33.2 Å². The number of anilines is 2. The van der Waals surface area contributed by atoms with E-state index in [-0.39, 0.29) is 11.3 Å². The Hall–Kier alpha value is -2.16. The molecule has 0 bridgehead atoms. The monoisotopic (exact) mass is 400 g/mol. The van der Waals surface area contributed by atoms with Crippen LogP contribution in [0, 0.1) is 9.39 Å². The summed E-state index contributed by atoms with van der Waals surface area (Å²) in [7, 11) is 0. The van der Waals surface area contributed by atoms with E-state index >= 15 is 0 Å². The molecule has 0 aliphatic rings. The quantitative estimate of drug-likeness (QED) is 0.687. The van der Waals surface area contributed by atoms with Crippen molar-refractivity contribution in [3.63, 3.8) is 0 Å². The van der Waals surface area contributed by atoms with Crippen LogP contribution in [0.1, 0.15) is 10.4 Å². The van der Waals surface area contributed by atoms with Crippen LogP contribution in [0.15, 0.2) is 42.5 Å². The van der Waals surface area contributed by atoms with Crippen molar-refractivity contribution in [1.29, 1.82) is 0 Å². The molecule has 0 radical (unpaired) electrons. The van der Waals surface area contributed by atoms with Crippen LogP contribution in [0.2, 0.25) is 0 Å². The van der Waals surface area contributed by atoms with Crippen molar-refractivity contribution in [3.05, 3.63) is 57.4 Å². The van der Waals surface area contributed by atoms with E-state index in [1.165, 1.54) is 0 Å². The van der Waals surface area contributed by atoms with Gasteiger partial charge >= 0.3 is 12.0 Å². The molecule has 0 fully saturated rings. The predicted octanol–water partition coefficient (Wildman–Crippen LogP) is 3.77. The summed E-state index contributed by atoms with van der Waals surface area (Å²) in [6, 6.07) is 9.51. The number of nitrogens with one attached hydrogen (secondary N) is 2. The third-order valence-corrected chi connectivity index (χ3v) is 3.52. The third kappa shape index (κ3) is 3.91. The van der Waals surface area contributed by atoms with Gasteiger partial charge in [-0.1, -0.05) is 12.1 Å². The van der Waals surface area contributed by atoms with E-state index in [1.54, 1.807) is 18.2 Å². The van der Waals surface area contributed by atoms with Gasteiger partial charge in [-0.3, -0.25) is 0 Å². The van der Waals surface area contributed by atoms with E-state index < -0.39 is 17.8 Å². The van der Waals surface area contributed by atoms with Crippen LogP contribution in [-0.2, 0) is 0 Å². The molecule has 2 amide bonds. The molecular formula is C14H10FIN2O3. The Labute approximate surface area is 133 Å². The number of hydrogen-bond acceptors (Lipinski definition) is 2. The molecule has 0 saturated carbocycles. The lowest BCUT2D eigenvalue weighted by Crippen LogP contribution is -2.21. The minimum atomic E-state index is -1.25. The van der Waals surface area contributed by atoms with Crippen molar-refractivity contribution in [3.8, 4) is 0 Å². The zero-order chi connectivity index (χ0) is 15.4. The molecule has 0 aliphatic carbocycles. The predicted molar refractivity (Wildman–Crippen MR) is 85.2 cm³/mol. The molecule has 0 aromatic heterocycles. The summed E-state index contributed by atoms with van der Waals surface area (Å²) in [6.07, 6.45) is 0. The van der Waals surface area contributed by atoms with Gasteiger partial charge in [-0.15, -0.1) is 0 Å². The van der Waals surface area contributed by atoms with Crippen LogP contribution in [0.4, 0.5) is 20.6 Å². The maximum atomic E-state index is 13.2. The van der Waals surface area contributed by atoms with Crippen LogP contribution in [0.5, 0.6) is 0 Å². The van der Waals surface area contributed by atoms with Crippen LogP contribution in [-0.4, -0.2) is 17.1 Å². The molecule has 7 heteroatoms. The first kappa shape index (κ1) is 15.2. The minimum absolute atomic E-state index is 0.106. The number of hydrogen-bond donors (Lipinski definition) is 3. The average molecular weight is 400 g/mol. The summed E-state index contributed by atoms with van der Waals surface area (Å²) in [5.74, 6) is -1.89. The standard InChI is InChI=1S/C14H10FIN2O3/c15-8-5-6-9(13(19)20)12(7-8)18-14(21)17-11-4-2-1-3-10(11)16/h1-7H,(H,19,20)(H2,17,18,21). The van der Waals surface area contributed by atoms with E-state index in [1.807, 2.05) is 6.07 Å². The Bertz CT molecular complexity index is 706. The van der Waals surface area contributed by atoms with Gasteiger partial charge in [-0.05, 0) is 52.9 Å². The van der Waals surface area contributed by atoms with E-state index in [0.29, 0.717) is 5.69 Å². The zero-order valence-corrected chi connectivity index (χ0v) is 12.7. The minimum Gasteiger partial charge on any atom is -0.478 e. The molecule has 0 atom stereocenters. The maximum Gasteiger partial charge on any atom is 0.337 e. The number of amides is 2. The Morgan fingerprint density at radius 2 is 1.71 bits per heavy atom. The Kier molecular flexibility index (Phi) is 4.73. The number of carbonyl (C=O) groups excluding carboxylic acids is 1. The highest BCUT2D eigenvalue weighted by Crippen LogP contribution is 2.20. The number of benzene rings is 2. The van der Waals surface area contributed by atoms with Gasteiger partial charge in [0.2, 0.25) is 0 Å². The molecule has 0 heterocycles. The topological polar surface area (TPSA) is 78.4 Å². The van der Waals surface area contributed by atoms with Crippen LogP contribution < -0.4 is 10.6 Å². The molecular weight excluding hydrogens is 390 g/mol. The summed E-state index contributed by atoms with van der Waals surface area (Å²) in [4.78, 5) is 22.9. The smallest absolute Gasteiger partial charge is 0.337 e. The molecule has 0 unspecified atom stereocenters. The number of carboxylic acids is 1. The zero-order valence-electron chi connectivity index (χ0n) is 10.6. The molecule has 2 aromatic rings. The van der Waals surface area contributed by atoms with E-state index in [4.69, 9.17) is 5.11 Å². The second-order valence-corrected chi connectivity index (χ2v) is 5.22. The number of aromatic carboxylic acids is 1.